The number of hydrogen-bond donors (Lipinski definition) is 2. The van der Waals surface area contributed by atoms with Gasteiger partial charge in [0.1, 0.15) is 0 Å². The number of benzene rings is 1. The van der Waals surface area contributed by atoms with E-state index >= 15 is 0 Å². The molecule has 6 nitrogen and oxygen atoms in total. The first-order valence-electron chi connectivity index (χ1n) is 7.76. The van der Waals surface area contributed by atoms with Crippen molar-refractivity contribution in [2.24, 2.45) is 0 Å². The van der Waals surface area contributed by atoms with Gasteiger partial charge in [0.25, 0.3) is 0 Å². The van der Waals surface area contributed by atoms with E-state index in [1.54, 1.807) is 26.8 Å². The zero-order chi connectivity index (χ0) is 17.3. The maximum atomic E-state index is 12.4. The normalized spacial score (nSPS) is 16.4. The molecule has 0 unspecified atom stereocenters. The monoisotopic (exact) mass is 340 g/mol. The zero-order valence-electron chi connectivity index (χ0n) is 13.8. The fourth-order valence-electron chi connectivity index (χ4n) is 2.73. The average molecular weight is 340 g/mol. The van der Waals surface area contributed by atoms with Crippen LogP contribution < -0.4 is 9.62 Å². The lowest BCUT2D eigenvalue weighted by Crippen LogP contribution is -2.40. The summed E-state index contributed by atoms with van der Waals surface area (Å²) >= 11 is 0. The summed E-state index contributed by atoms with van der Waals surface area (Å²) < 4.78 is 27.3. The van der Waals surface area contributed by atoms with Crippen LogP contribution in [0.25, 0.3) is 0 Å². The van der Waals surface area contributed by atoms with Crippen LogP contribution in [0.15, 0.2) is 23.1 Å². The summed E-state index contributed by atoms with van der Waals surface area (Å²) in [6, 6.07) is 4.33. The van der Waals surface area contributed by atoms with E-state index in [0.717, 1.165) is 32.4 Å². The second-order valence-electron chi connectivity index (χ2n) is 6.89. The third kappa shape index (κ3) is 4.45. The zero-order valence-corrected chi connectivity index (χ0v) is 14.6. The van der Waals surface area contributed by atoms with Gasteiger partial charge in [0.15, 0.2) is 0 Å². The predicted molar refractivity (Wildman–Crippen MR) is 89.5 cm³/mol. The molecule has 0 amide bonds. The molecule has 2 rings (SSSR count). The molecule has 0 atom stereocenters. The van der Waals surface area contributed by atoms with E-state index in [1.807, 2.05) is 4.90 Å². The SMILES string of the molecule is CC(C)(C)NS(=O)(=O)c1ccc(N2CCCCC2)c(C(=O)O)c1. The summed E-state index contributed by atoms with van der Waals surface area (Å²) in [6.45, 7) is 6.82. The summed E-state index contributed by atoms with van der Waals surface area (Å²) in [7, 11) is -3.75. The molecule has 1 aromatic rings. The van der Waals surface area contributed by atoms with Gasteiger partial charge in [-0.2, -0.15) is 0 Å². The van der Waals surface area contributed by atoms with Gasteiger partial charge in [0, 0.05) is 18.6 Å². The molecule has 1 saturated heterocycles. The number of sulfonamides is 1. The molecule has 1 fully saturated rings. The fourth-order valence-corrected chi connectivity index (χ4v) is 4.17. The summed E-state index contributed by atoms with van der Waals surface area (Å²) in [4.78, 5) is 13.6. The van der Waals surface area contributed by atoms with Crippen molar-refractivity contribution in [3.63, 3.8) is 0 Å². The Morgan fingerprint density at radius 3 is 2.30 bits per heavy atom. The van der Waals surface area contributed by atoms with Crippen LogP contribution in [-0.2, 0) is 10.0 Å². The quantitative estimate of drug-likeness (QED) is 0.879. The molecule has 0 spiro atoms. The number of aromatic carboxylic acids is 1. The second-order valence-corrected chi connectivity index (χ2v) is 8.57. The standard InChI is InChI=1S/C16H24N2O4S/c1-16(2,3)17-23(21,22)12-7-8-14(13(11-12)15(19)20)18-9-5-4-6-10-18/h7-8,11,17H,4-6,9-10H2,1-3H3,(H,19,20). The fraction of sp³-hybridized carbons (Fsp3) is 0.562. The van der Waals surface area contributed by atoms with Gasteiger partial charge in [-0.05, 0) is 58.2 Å². The molecule has 1 aliphatic rings. The Morgan fingerprint density at radius 1 is 1.17 bits per heavy atom. The minimum atomic E-state index is -3.75. The van der Waals surface area contributed by atoms with Gasteiger partial charge < -0.3 is 10.0 Å². The largest absolute Gasteiger partial charge is 0.478 e. The third-order valence-corrected chi connectivity index (χ3v) is 5.40. The van der Waals surface area contributed by atoms with E-state index in [9.17, 15) is 18.3 Å². The van der Waals surface area contributed by atoms with Crippen molar-refractivity contribution in [2.75, 3.05) is 18.0 Å². The molecule has 1 heterocycles. The van der Waals surface area contributed by atoms with Gasteiger partial charge in [0.05, 0.1) is 16.1 Å². The van der Waals surface area contributed by atoms with Crippen LogP contribution >= 0.6 is 0 Å². The molecule has 1 aliphatic heterocycles. The first kappa shape index (κ1) is 17.7. The summed E-state index contributed by atoms with van der Waals surface area (Å²) in [6.07, 6.45) is 3.18. The Bertz CT molecular complexity index is 687. The van der Waals surface area contributed by atoms with E-state index in [0.29, 0.717) is 5.69 Å². The number of carboxylic acids is 1. The van der Waals surface area contributed by atoms with Crippen molar-refractivity contribution in [1.29, 1.82) is 0 Å². The van der Waals surface area contributed by atoms with Crippen LogP contribution in [0.1, 0.15) is 50.4 Å². The molecular weight excluding hydrogens is 316 g/mol. The van der Waals surface area contributed by atoms with E-state index in [1.165, 1.54) is 12.1 Å². The van der Waals surface area contributed by atoms with Gasteiger partial charge in [0.2, 0.25) is 10.0 Å². The molecule has 1 aromatic carbocycles. The molecule has 0 saturated carbocycles. The highest BCUT2D eigenvalue weighted by Gasteiger charge is 2.25. The van der Waals surface area contributed by atoms with E-state index in [4.69, 9.17) is 0 Å². The van der Waals surface area contributed by atoms with Gasteiger partial charge in [-0.15, -0.1) is 0 Å². The molecule has 0 aromatic heterocycles. The lowest BCUT2D eigenvalue weighted by molar-refractivity contribution is 0.0697. The van der Waals surface area contributed by atoms with Crippen LogP contribution in [0.5, 0.6) is 0 Å². The molecule has 0 bridgehead atoms. The molecule has 2 N–H and O–H groups in total. The van der Waals surface area contributed by atoms with Crippen molar-refractivity contribution in [3.05, 3.63) is 23.8 Å². The van der Waals surface area contributed by atoms with Gasteiger partial charge in [-0.25, -0.2) is 17.9 Å². The average Bonchev–Trinajstić information content (AvgIpc) is 2.45. The van der Waals surface area contributed by atoms with Crippen LogP contribution in [0.3, 0.4) is 0 Å². The van der Waals surface area contributed by atoms with Gasteiger partial charge in [-0.3, -0.25) is 0 Å². The molecule has 0 radical (unpaired) electrons. The molecule has 128 valence electrons. The highest BCUT2D eigenvalue weighted by molar-refractivity contribution is 7.89. The number of nitrogens with zero attached hydrogens (tertiary/aromatic N) is 1. The smallest absolute Gasteiger partial charge is 0.337 e. The number of piperidine rings is 1. The lowest BCUT2D eigenvalue weighted by Gasteiger charge is -2.30. The number of hydrogen-bond acceptors (Lipinski definition) is 4. The Kier molecular flexibility index (Phi) is 5.01. The summed E-state index contributed by atoms with van der Waals surface area (Å²) in [5.74, 6) is -1.11. The predicted octanol–water partition coefficient (Wildman–Crippen LogP) is 2.45. The minimum absolute atomic E-state index is 0.0226. The van der Waals surface area contributed by atoms with Crippen molar-refractivity contribution in [1.82, 2.24) is 4.72 Å². The number of anilines is 1. The number of nitrogens with one attached hydrogen (secondary N) is 1. The lowest BCUT2D eigenvalue weighted by atomic mass is 10.1. The Morgan fingerprint density at radius 2 is 1.78 bits per heavy atom. The molecule has 23 heavy (non-hydrogen) atoms. The van der Waals surface area contributed by atoms with Gasteiger partial charge in [-0.1, -0.05) is 0 Å². The Hall–Kier alpha value is -1.60. The Labute approximate surface area is 137 Å². The maximum absolute atomic E-state index is 12.4. The van der Waals surface area contributed by atoms with Crippen molar-refractivity contribution in [3.8, 4) is 0 Å². The molecule has 7 heteroatoms. The van der Waals surface area contributed by atoms with Gasteiger partial charge >= 0.3 is 5.97 Å². The highest BCUT2D eigenvalue weighted by Crippen LogP contribution is 2.27. The number of carboxylic acid groups (broad SMARTS) is 1. The minimum Gasteiger partial charge on any atom is -0.478 e. The highest BCUT2D eigenvalue weighted by atomic mass is 32.2. The number of rotatable bonds is 4. The van der Waals surface area contributed by atoms with Crippen LogP contribution in [-0.4, -0.2) is 38.1 Å². The molecule has 0 aliphatic carbocycles. The summed E-state index contributed by atoms with van der Waals surface area (Å²) in [5.41, 5.74) is -0.0103. The van der Waals surface area contributed by atoms with E-state index in [-0.39, 0.29) is 10.5 Å². The topological polar surface area (TPSA) is 86.7 Å². The number of carbonyl (C=O) groups is 1. The molecular formula is C16H24N2O4S. The van der Waals surface area contributed by atoms with Crippen molar-refractivity contribution < 1.29 is 18.3 Å². The van der Waals surface area contributed by atoms with Crippen LogP contribution in [0.2, 0.25) is 0 Å². The van der Waals surface area contributed by atoms with Crippen LogP contribution in [0, 0.1) is 0 Å². The first-order valence-corrected chi connectivity index (χ1v) is 9.25. The Balaban J connectivity index is 2.41. The van der Waals surface area contributed by atoms with Crippen LogP contribution in [0.4, 0.5) is 5.69 Å². The third-order valence-electron chi connectivity index (χ3n) is 3.65. The first-order chi connectivity index (χ1) is 10.6. The van der Waals surface area contributed by atoms with Crippen molar-refractivity contribution in [2.45, 2.75) is 50.5 Å². The second kappa shape index (κ2) is 6.49. The van der Waals surface area contributed by atoms with Crippen molar-refractivity contribution >= 4 is 21.7 Å². The van der Waals surface area contributed by atoms with E-state index in [2.05, 4.69) is 4.72 Å². The summed E-state index contributed by atoms with van der Waals surface area (Å²) in [5, 5.41) is 9.48. The van der Waals surface area contributed by atoms with E-state index < -0.39 is 21.5 Å². The maximum Gasteiger partial charge on any atom is 0.337 e.